The average molecular weight is 544 g/mol. The minimum Gasteiger partial charge on any atom is -0.365 e. The summed E-state index contributed by atoms with van der Waals surface area (Å²) in [6.07, 6.45) is 5.78. The van der Waals surface area contributed by atoms with Gasteiger partial charge in [0.1, 0.15) is 5.82 Å². The van der Waals surface area contributed by atoms with Gasteiger partial charge >= 0.3 is 10.2 Å². The molecule has 2 aliphatic rings. The van der Waals surface area contributed by atoms with Crippen LogP contribution in [0.2, 0.25) is 0 Å². The molecule has 1 atom stereocenters. The normalized spacial score (nSPS) is 19.8. The van der Waals surface area contributed by atoms with Gasteiger partial charge in [0, 0.05) is 32.4 Å². The Labute approximate surface area is 198 Å². The van der Waals surface area contributed by atoms with Crippen molar-refractivity contribution in [3.05, 3.63) is 46.5 Å². The minimum absolute atomic E-state index is 0.0418. The Kier molecular flexibility index (Phi) is 7.26. The number of aromatic nitrogens is 2. The molecule has 1 aromatic heterocycles. The molecule has 4 rings (SSSR count). The lowest BCUT2D eigenvalue weighted by Crippen LogP contribution is -2.47. The van der Waals surface area contributed by atoms with Crippen molar-refractivity contribution in [3.63, 3.8) is 0 Å². The molecule has 2 aromatic rings. The molecular weight excluding hydrogens is 521 g/mol. The Balaban J connectivity index is 1.43. The summed E-state index contributed by atoms with van der Waals surface area (Å²) in [5, 5.41) is 20.3. The summed E-state index contributed by atoms with van der Waals surface area (Å²) >= 11 is 3.09. The summed E-state index contributed by atoms with van der Waals surface area (Å²) in [6.45, 7) is 1.75. The first-order valence-corrected chi connectivity index (χ1v) is 12.5. The number of nitrogens with one attached hydrogen (secondary N) is 2. The summed E-state index contributed by atoms with van der Waals surface area (Å²) < 4.78 is 47.0. The summed E-state index contributed by atoms with van der Waals surface area (Å²) in [5.74, 6) is -0.216. The Morgan fingerprint density at radius 1 is 1.36 bits per heavy atom. The fourth-order valence-corrected chi connectivity index (χ4v) is 5.73. The number of piperidine rings is 1. The second kappa shape index (κ2) is 10.2. The third-order valence-electron chi connectivity index (χ3n) is 5.41. The van der Waals surface area contributed by atoms with E-state index in [9.17, 15) is 18.0 Å². The second-order valence-corrected chi connectivity index (χ2v) is 10.4. The van der Waals surface area contributed by atoms with Crippen molar-refractivity contribution in [2.24, 2.45) is 10.9 Å². The molecule has 11 nitrogen and oxygen atoms in total. The molecule has 1 saturated heterocycles. The molecule has 1 aromatic carbocycles. The van der Waals surface area contributed by atoms with E-state index in [2.05, 4.69) is 36.6 Å². The zero-order chi connectivity index (χ0) is 23.4. The molecule has 14 heteroatoms. The number of nitrogens with zero attached hydrogens (tertiary/aromatic N) is 5. The standard InChI is InChI=1S/C19H23BrFN7O4S/c20-15-10-14(5-6-16(15)21)23-19(24-29)17-18(26-32-25-17)22-11-13-4-3-9-28(12-13)33(30,31)27-7-1-2-8-27/h1,5-7,10,13,29H,2-4,8-9,11-12H2,(H,22,26)(H,23,24)/t13-/m0/s1. The van der Waals surface area contributed by atoms with Crippen LogP contribution in [0.5, 0.6) is 0 Å². The van der Waals surface area contributed by atoms with E-state index in [0.29, 0.717) is 31.9 Å². The van der Waals surface area contributed by atoms with Crippen LogP contribution in [0.1, 0.15) is 25.0 Å². The van der Waals surface area contributed by atoms with Crippen molar-refractivity contribution in [2.45, 2.75) is 19.3 Å². The third kappa shape index (κ3) is 5.34. The highest BCUT2D eigenvalue weighted by atomic mass is 79.9. The van der Waals surface area contributed by atoms with Crippen LogP contribution in [-0.4, -0.2) is 64.6 Å². The van der Waals surface area contributed by atoms with Crippen molar-refractivity contribution in [1.82, 2.24) is 24.4 Å². The van der Waals surface area contributed by atoms with E-state index in [-0.39, 0.29) is 27.7 Å². The molecule has 1 fully saturated rings. The summed E-state index contributed by atoms with van der Waals surface area (Å²) in [7, 11) is -3.52. The number of anilines is 1. The zero-order valence-electron chi connectivity index (χ0n) is 17.5. The molecule has 178 valence electrons. The lowest BCUT2D eigenvalue weighted by atomic mass is 10.00. The summed E-state index contributed by atoms with van der Waals surface area (Å²) in [5.41, 5.74) is 2.45. The van der Waals surface area contributed by atoms with Gasteiger partial charge in [0.2, 0.25) is 5.82 Å². The summed E-state index contributed by atoms with van der Waals surface area (Å²) in [4.78, 5) is 4.22. The van der Waals surface area contributed by atoms with Crippen LogP contribution in [0.25, 0.3) is 0 Å². The van der Waals surface area contributed by atoms with Gasteiger partial charge in [0.15, 0.2) is 11.5 Å². The van der Waals surface area contributed by atoms with Gasteiger partial charge < -0.3 is 5.32 Å². The number of rotatable bonds is 7. The van der Waals surface area contributed by atoms with Crippen LogP contribution in [0.15, 0.2) is 44.6 Å². The number of amidine groups is 1. The van der Waals surface area contributed by atoms with E-state index in [1.807, 2.05) is 11.6 Å². The van der Waals surface area contributed by atoms with Crippen LogP contribution in [0.4, 0.5) is 15.9 Å². The third-order valence-corrected chi connectivity index (χ3v) is 7.90. The Hall–Kier alpha value is -2.55. The first-order chi connectivity index (χ1) is 15.9. The van der Waals surface area contributed by atoms with Gasteiger partial charge in [-0.3, -0.25) is 15.0 Å². The van der Waals surface area contributed by atoms with Crippen LogP contribution in [0.3, 0.4) is 0 Å². The van der Waals surface area contributed by atoms with Crippen LogP contribution < -0.4 is 10.8 Å². The maximum atomic E-state index is 13.5. The quantitative estimate of drug-likeness (QED) is 0.275. The predicted molar refractivity (Wildman–Crippen MR) is 122 cm³/mol. The number of aliphatic imine (C=N–C) groups is 1. The van der Waals surface area contributed by atoms with E-state index in [0.717, 1.165) is 19.3 Å². The molecule has 0 radical (unpaired) electrons. The van der Waals surface area contributed by atoms with Gasteiger partial charge in [-0.1, -0.05) is 6.08 Å². The SMILES string of the molecule is O=S(=O)(N1C=CCC1)N1CCC[C@@H](CNc2nonc2C(=Nc2ccc(F)c(Br)c2)NO)C1. The Morgan fingerprint density at radius 2 is 2.21 bits per heavy atom. The molecule has 0 amide bonds. The lowest BCUT2D eigenvalue weighted by molar-refractivity contribution is 0.234. The number of hydrogen-bond donors (Lipinski definition) is 3. The smallest absolute Gasteiger partial charge is 0.303 e. The maximum Gasteiger partial charge on any atom is 0.303 e. The highest BCUT2D eigenvalue weighted by Crippen LogP contribution is 2.25. The number of benzene rings is 1. The molecule has 33 heavy (non-hydrogen) atoms. The number of halogens is 2. The van der Waals surface area contributed by atoms with Gasteiger partial charge in [-0.2, -0.15) is 12.7 Å². The van der Waals surface area contributed by atoms with Crippen molar-refractivity contribution in [2.75, 3.05) is 31.5 Å². The van der Waals surface area contributed by atoms with E-state index >= 15 is 0 Å². The Bertz CT molecular complexity index is 1160. The average Bonchev–Trinajstić information content (AvgIpc) is 3.51. The van der Waals surface area contributed by atoms with Gasteiger partial charge in [-0.05, 0) is 69.6 Å². The van der Waals surface area contributed by atoms with Crippen LogP contribution in [-0.2, 0) is 10.2 Å². The van der Waals surface area contributed by atoms with E-state index < -0.39 is 16.0 Å². The number of hydroxylamine groups is 1. The predicted octanol–water partition coefficient (Wildman–Crippen LogP) is 2.62. The van der Waals surface area contributed by atoms with Crippen molar-refractivity contribution >= 4 is 43.5 Å². The molecule has 0 unspecified atom stereocenters. The van der Waals surface area contributed by atoms with Crippen LogP contribution >= 0.6 is 15.9 Å². The monoisotopic (exact) mass is 543 g/mol. The molecule has 3 heterocycles. The first kappa shape index (κ1) is 23.6. The molecule has 0 spiro atoms. The largest absolute Gasteiger partial charge is 0.365 e. The fraction of sp³-hybridized carbons (Fsp3) is 0.421. The van der Waals surface area contributed by atoms with E-state index in [1.54, 1.807) is 6.20 Å². The topological polar surface area (TPSA) is 136 Å². The fourth-order valence-electron chi connectivity index (χ4n) is 3.73. The van der Waals surface area contributed by atoms with Crippen molar-refractivity contribution in [3.8, 4) is 0 Å². The molecule has 3 N–H and O–H groups in total. The number of hydrogen-bond acceptors (Lipinski definition) is 8. The zero-order valence-corrected chi connectivity index (χ0v) is 19.9. The summed E-state index contributed by atoms with van der Waals surface area (Å²) in [6, 6.07) is 4.11. The molecular formula is C19H23BrFN7O4S. The first-order valence-electron chi connectivity index (χ1n) is 10.3. The van der Waals surface area contributed by atoms with E-state index in [1.165, 1.54) is 26.8 Å². The van der Waals surface area contributed by atoms with Gasteiger partial charge in [-0.25, -0.2) is 14.0 Å². The highest BCUT2D eigenvalue weighted by molar-refractivity contribution is 9.10. The minimum atomic E-state index is -3.52. The van der Waals surface area contributed by atoms with Gasteiger partial charge in [-0.15, -0.1) is 0 Å². The van der Waals surface area contributed by atoms with Gasteiger partial charge in [0.25, 0.3) is 0 Å². The van der Waals surface area contributed by atoms with Crippen LogP contribution in [0, 0.1) is 11.7 Å². The van der Waals surface area contributed by atoms with Crippen molar-refractivity contribution in [1.29, 1.82) is 0 Å². The molecule has 2 aliphatic heterocycles. The van der Waals surface area contributed by atoms with E-state index in [4.69, 9.17) is 4.63 Å². The van der Waals surface area contributed by atoms with Crippen molar-refractivity contribution < 1.29 is 22.6 Å². The highest BCUT2D eigenvalue weighted by Gasteiger charge is 2.33. The lowest BCUT2D eigenvalue weighted by Gasteiger charge is -2.34. The Morgan fingerprint density at radius 3 is 2.94 bits per heavy atom. The second-order valence-electron chi connectivity index (χ2n) is 7.67. The maximum absolute atomic E-state index is 13.5. The molecule has 0 saturated carbocycles. The molecule has 0 aliphatic carbocycles. The molecule has 0 bridgehead atoms. The van der Waals surface area contributed by atoms with Gasteiger partial charge in [0.05, 0.1) is 10.2 Å².